The van der Waals surface area contributed by atoms with Crippen molar-refractivity contribution in [2.24, 2.45) is 4.99 Å². The Morgan fingerprint density at radius 2 is 1.90 bits per heavy atom. The van der Waals surface area contributed by atoms with Gasteiger partial charge in [0.15, 0.2) is 0 Å². The number of hydrogen-bond donors (Lipinski definition) is 1. The Labute approximate surface area is 125 Å². The molecule has 2 rings (SSSR count). The van der Waals surface area contributed by atoms with Crippen LogP contribution in [0.3, 0.4) is 0 Å². The van der Waals surface area contributed by atoms with Gasteiger partial charge < -0.3 is 5.32 Å². The molecule has 0 aromatic heterocycles. The molecule has 0 spiro atoms. The standard InChI is InChI=1S/C17H19ClN2/c1-12(2)20-17-9-5-8-16(13(17)3)19-11-14-6-4-7-15(18)10-14/h4-10,19H,11H2,1-3H3. The third kappa shape index (κ3) is 3.84. The normalized spacial score (nSPS) is 10.2. The van der Waals surface area contributed by atoms with E-state index >= 15 is 0 Å². The summed E-state index contributed by atoms with van der Waals surface area (Å²) in [5, 5.41) is 4.21. The van der Waals surface area contributed by atoms with Crippen LogP contribution in [-0.4, -0.2) is 5.71 Å². The van der Waals surface area contributed by atoms with Gasteiger partial charge in [-0.2, -0.15) is 0 Å². The molecule has 0 bridgehead atoms. The molecule has 0 aliphatic heterocycles. The summed E-state index contributed by atoms with van der Waals surface area (Å²) in [5.74, 6) is 0. The minimum Gasteiger partial charge on any atom is -0.381 e. The van der Waals surface area contributed by atoms with E-state index in [0.717, 1.165) is 39.8 Å². The summed E-state index contributed by atoms with van der Waals surface area (Å²) in [7, 11) is 0. The van der Waals surface area contributed by atoms with Crippen LogP contribution < -0.4 is 5.32 Å². The van der Waals surface area contributed by atoms with Crippen molar-refractivity contribution in [3.8, 4) is 0 Å². The summed E-state index contributed by atoms with van der Waals surface area (Å²) in [6, 6.07) is 14.0. The lowest BCUT2D eigenvalue weighted by atomic mass is 10.1. The molecule has 0 radical (unpaired) electrons. The highest BCUT2D eigenvalue weighted by atomic mass is 35.5. The second kappa shape index (κ2) is 6.58. The maximum Gasteiger partial charge on any atom is 0.0678 e. The number of benzene rings is 2. The van der Waals surface area contributed by atoms with E-state index in [1.54, 1.807) is 0 Å². The molecule has 104 valence electrons. The van der Waals surface area contributed by atoms with Gasteiger partial charge in [-0.3, -0.25) is 4.99 Å². The molecular formula is C17H19ClN2. The number of hydrogen-bond acceptors (Lipinski definition) is 2. The molecule has 0 saturated carbocycles. The zero-order valence-electron chi connectivity index (χ0n) is 12.1. The van der Waals surface area contributed by atoms with E-state index in [4.69, 9.17) is 11.6 Å². The molecule has 3 heteroatoms. The van der Waals surface area contributed by atoms with Crippen molar-refractivity contribution in [1.29, 1.82) is 0 Å². The van der Waals surface area contributed by atoms with Gasteiger partial charge in [0.25, 0.3) is 0 Å². The number of nitrogens with zero attached hydrogens (tertiary/aromatic N) is 1. The average Bonchev–Trinajstić information content (AvgIpc) is 2.39. The van der Waals surface area contributed by atoms with Crippen molar-refractivity contribution in [3.05, 3.63) is 58.6 Å². The molecule has 0 heterocycles. The fourth-order valence-corrected chi connectivity index (χ4v) is 2.23. The number of halogens is 1. The third-order valence-electron chi connectivity index (χ3n) is 3.02. The molecule has 1 N–H and O–H groups in total. The zero-order chi connectivity index (χ0) is 14.5. The maximum atomic E-state index is 5.99. The van der Waals surface area contributed by atoms with Gasteiger partial charge in [0, 0.05) is 23.0 Å². The lowest BCUT2D eigenvalue weighted by Gasteiger charge is -2.12. The van der Waals surface area contributed by atoms with Crippen LogP contribution in [0.4, 0.5) is 11.4 Å². The van der Waals surface area contributed by atoms with E-state index in [-0.39, 0.29) is 0 Å². The molecule has 0 amide bonds. The molecule has 0 aliphatic carbocycles. The molecule has 0 fully saturated rings. The van der Waals surface area contributed by atoms with Crippen LogP contribution in [0.1, 0.15) is 25.0 Å². The van der Waals surface area contributed by atoms with Crippen LogP contribution in [0.5, 0.6) is 0 Å². The van der Waals surface area contributed by atoms with Crippen molar-refractivity contribution in [2.45, 2.75) is 27.3 Å². The van der Waals surface area contributed by atoms with Crippen molar-refractivity contribution in [1.82, 2.24) is 0 Å². The highest BCUT2D eigenvalue weighted by molar-refractivity contribution is 6.30. The van der Waals surface area contributed by atoms with Gasteiger partial charge in [0.1, 0.15) is 0 Å². The fourth-order valence-electron chi connectivity index (χ4n) is 2.02. The van der Waals surface area contributed by atoms with Gasteiger partial charge in [0.2, 0.25) is 0 Å². The number of anilines is 1. The predicted molar refractivity (Wildman–Crippen MR) is 88.4 cm³/mol. The van der Waals surface area contributed by atoms with Crippen LogP contribution in [0.25, 0.3) is 0 Å². The third-order valence-corrected chi connectivity index (χ3v) is 3.26. The summed E-state index contributed by atoms with van der Waals surface area (Å²) in [4.78, 5) is 4.54. The van der Waals surface area contributed by atoms with Crippen LogP contribution in [0, 0.1) is 6.92 Å². The smallest absolute Gasteiger partial charge is 0.0678 e. The minimum absolute atomic E-state index is 0.750. The van der Waals surface area contributed by atoms with Gasteiger partial charge in [-0.15, -0.1) is 0 Å². The molecule has 0 aliphatic rings. The molecule has 20 heavy (non-hydrogen) atoms. The van der Waals surface area contributed by atoms with Gasteiger partial charge in [0.05, 0.1) is 5.69 Å². The summed E-state index contributed by atoms with van der Waals surface area (Å²) >= 11 is 5.99. The van der Waals surface area contributed by atoms with Crippen molar-refractivity contribution in [2.75, 3.05) is 5.32 Å². The van der Waals surface area contributed by atoms with Crippen LogP contribution >= 0.6 is 11.6 Å². The Kier molecular flexibility index (Phi) is 4.80. The minimum atomic E-state index is 0.750. The van der Waals surface area contributed by atoms with Crippen molar-refractivity contribution in [3.63, 3.8) is 0 Å². The number of rotatable bonds is 4. The fraction of sp³-hybridized carbons (Fsp3) is 0.235. The van der Waals surface area contributed by atoms with E-state index in [9.17, 15) is 0 Å². The Morgan fingerprint density at radius 3 is 2.60 bits per heavy atom. The molecule has 0 atom stereocenters. The van der Waals surface area contributed by atoms with Gasteiger partial charge in [-0.05, 0) is 56.2 Å². The highest BCUT2D eigenvalue weighted by Gasteiger charge is 2.03. The summed E-state index contributed by atoms with van der Waals surface area (Å²) < 4.78 is 0. The van der Waals surface area contributed by atoms with Crippen LogP contribution in [-0.2, 0) is 6.54 Å². The molecule has 0 saturated heterocycles. The molecule has 2 aromatic carbocycles. The van der Waals surface area contributed by atoms with E-state index in [1.807, 2.05) is 44.2 Å². The molecule has 2 aromatic rings. The average molecular weight is 287 g/mol. The molecule has 2 nitrogen and oxygen atoms in total. The summed E-state index contributed by atoms with van der Waals surface area (Å²) in [5.41, 5.74) is 5.50. The lowest BCUT2D eigenvalue weighted by Crippen LogP contribution is -2.01. The second-order valence-electron chi connectivity index (χ2n) is 4.99. The first-order valence-electron chi connectivity index (χ1n) is 6.66. The van der Waals surface area contributed by atoms with Gasteiger partial charge in [-0.25, -0.2) is 0 Å². The predicted octanol–water partition coefficient (Wildman–Crippen LogP) is 5.37. The van der Waals surface area contributed by atoms with E-state index in [0.29, 0.717) is 0 Å². The SMILES string of the molecule is CC(C)=Nc1cccc(NCc2cccc(Cl)c2)c1C. The largest absolute Gasteiger partial charge is 0.381 e. The van der Waals surface area contributed by atoms with Gasteiger partial charge >= 0.3 is 0 Å². The first kappa shape index (κ1) is 14.6. The number of nitrogens with one attached hydrogen (secondary N) is 1. The first-order chi connectivity index (χ1) is 9.56. The van der Waals surface area contributed by atoms with Crippen LogP contribution in [0.2, 0.25) is 5.02 Å². The number of aliphatic imine (C=N–C) groups is 1. The second-order valence-corrected chi connectivity index (χ2v) is 5.43. The molecular weight excluding hydrogens is 268 g/mol. The quantitative estimate of drug-likeness (QED) is 0.751. The lowest BCUT2D eigenvalue weighted by molar-refractivity contribution is 1.14. The Balaban J connectivity index is 2.16. The van der Waals surface area contributed by atoms with Crippen molar-refractivity contribution >= 4 is 28.7 Å². The summed E-state index contributed by atoms with van der Waals surface area (Å²) in [6.45, 7) is 6.85. The van der Waals surface area contributed by atoms with E-state index in [1.165, 1.54) is 0 Å². The Morgan fingerprint density at radius 1 is 1.15 bits per heavy atom. The van der Waals surface area contributed by atoms with Gasteiger partial charge in [-0.1, -0.05) is 29.8 Å². The van der Waals surface area contributed by atoms with E-state index in [2.05, 4.69) is 29.4 Å². The van der Waals surface area contributed by atoms with Crippen molar-refractivity contribution < 1.29 is 0 Å². The Bertz CT molecular complexity index is 629. The maximum absolute atomic E-state index is 5.99. The monoisotopic (exact) mass is 286 g/mol. The van der Waals surface area contributed by atoms with Crippen LogP contribution in [0.15, 0.2) is 47.5 Å². The molecule has 0 unspecified atom stereocenters. The zero-order valence-corrected chi connectivity index (χ0v) is 12.8. The first-order valence-corrected chi connectivity index (χ1v) is 7.04. The Hall–Kier alpha value is -1.80. The summed E-state index contributed by atoms with van der Waals surface area (Å²) in [6.07, 6.45) is 0. The highest BCUT2D eigenvalue weighted by Crippen LogP contribution is 2.26. The topological polar surface area (TPSA) is 24.4 Å². The van der Waals surface area contributed by atoms with E-state index < -0.39 is 0 Å².